The van der Waals surface area contributed by atoms with Gasteiger partial charge in [0.05, 0.1) is 6.61 Å². The summed E-state index contributed by atoms with van der Waals surface area (Å²) in [6.45, 7) is 3.02. The topological polar surface area (TPSA) is 80.5 Å². The van der Waals surface area contributed by atoms with Crippen molar-refractivity contribution in [3.8, 4) is 0 Å². The number of carbonyl (C=O) groups is 1. The van der Waals surface area contributed by atoms with E-state index in [9.17, 15) is 9.90 Å². The first-order chi connectivity index (χ1) is 14.0. The summed E-state index contributed by atoms with van der Waals surface area (Å²) in [6.07, 6.45) is 6.08. The van der Waals surface area contributed by atoms with Gasteiger partial charge in [0.2, 0.25) is 0 Å². The number of morpholine rings is 1. The van der Waals surface area contributed by atoms with Gasteiger partial charge < -0.3 is 9.84 Å². The molecule has 2 atom stereocenters. The zero-order valence-corrected chi connectivity index (χ0v) is 17.2. The number of aryl methyl sites for hydroxylation is 2. The van der Waals surface area contributed by atoms with Gasteiger partial charge in [-0.1, -0.05) is 29.8 Å². The maximum Gasteiger partial charge on any atom is 0.334 e. The van der Waals surface area contributed by atoms with Crippen molar-refractivity contribution in [2.45, 2.75) is 63.1 Å². The van der Waals surface area contributed by atoms with E-state index < -0.39 is 12.1 Å². The zero-order valence-electron chi connectivity index (χ0n) is 17.2. The van der Waals surface area contributed by atoms with Crippen LogP contribution in [-0.2, 0) is 23.0 Å². The van der Waals surface area contributed by atoms with Gasteiger partial charge in [0, 0.05) is 31.6 Å². The molecule has 0 bridgehead atoms. The molecule has 0 unspecified atom stereocenters. The fourth-order valence-electron chi connectivity index (χ4n) is 4.69. The van der Waals surface area contributed by atoms with Gasteiger partial charge in [-0.25, -0.2) is 9.78 Å². The molecule has 7 heteroatoms. The minimum absolute atomic E-state index is 0.211. The second-order valence-electron chi connectivity index (χ2n) is 8.48. The van der Waals surface area contributed by atoms with Crippen LogP contribution in [0, 0.1) is 6.92 Å². The Kier molecular flexibility index (Phi) is 5.96. The molecule has 7 nitrogen and oxygen atoms in total. The molecule has 2 aliphatic rings. The van der Waals surface area contributed by atoms with E-state index in [0.29, 0.717) is 25.1 Å². The Labute approximate surface area is 171 Å². The number of hydrogen-bond acceptors (Lipinski definition) is 5. The van der Waals surface area contributed by atoms with Crippen molar-refractivity contribution >= 4 is 5.97 Å². The molecule has 4 rings (SSSR count). The standard InChI is InChI=1S/C22H30N4O3/c1-15-3-5-16(6-4-15)11-19-13-29-20(22(27)28)12-26(19)18-9-7-17(8-10-18)21-23-14-25(2)24-21/h3-6,14,17-20H,7-13H2,1-2H3,(H,27,28)/t17?,18?,19-,20+/m0/s1. The van der Waals surface area contributed by atoms with Crippen LogP contribution in [0.15, 0.2) is 30.6 Å². The normalized spacial score (nSPS) is 28.3. The maximum absolute atomic E-state index is 11.6. The van der Waals surface area contributed by atoms with Gasteiger partial charge in [0.25, 0.3) is 0 Å². The molecule has 156 valence electrons. The highest BCUT2D eigenvalue weighted by Gasteiger charge is 2.38. The minimum atomic E-state index is -0.866. The average Bonchev–Trinajstić information content (AvgIpc) is 3.16. The first-order valence-corrected chi connectivity index (χ1v) is 10.5. The van der Waals surface area contributed by atoms with Gasteiger partial charge >= 0.3 is 5.97 Å². The lowest BCUT2D eigenvalue weighted by Gasteiger charge is -2.45. The summed E-state index contributed by atoms with van der Waals surface area (Å²) in [4.78, 5) is 18.4. The molecule has 29 heavy (non-hydrogen) atoms. The Morgan fingerprint density at radius 1 is 1.21 bits per heavy atom. The Morgan fingerprint density at radius 3 is 2.55 bits per heavy atom. The van der Waals surface area contributed by atoms with Crippen LogP contribution in [0.25, 0.3) is 0 Å². The van der Waals surface area contributed by atoms with Crippen LogP contribution in [0.4, 0.5) is 0 Å². The molecule has 1 aliphatic heterocycles. The van der Waals surface area contributed by atoms with Gasteiger partial charge in [-0.15, -0.1) is 0 Å². The Hall–Kier alpha value is -2.25. The third-order valence-corrected chi connectivity index (χ3v) is 6.35. The number of ether oxygens (including phenoxy) is 1. The van der Waals surface area contributed by atoms with E-state index in [4.69, 9.17) is 4.74 Å². The van der Waals surface area contributed by atoms with Gasteiger partial charge in [-0.05, 0) is 44.6 Å². The molecule has 0 radical (unpaired) electrons. The van der Waals surface area contributed by atoms with Crippen molar-refractivity contribution in [3.05, 3.63) is 47.5 Å². The molecule has 1 aromatic heterocycles. The lowest BCUT2D eigenvalue weighted by molar-refractivity contribution is -0.162. The second-order valence-corrected chi connectivity index (χ2v) is 8.48. The fourth-order valence-corrected chi connectivity index (χ4v) is 4.69. The SMILES string of the molecule is Cc1ccc(C[C@H]2CO[C@@H](C(=O)O)CN2C2CCC(c3ncn(C)n3)CC2)cc1. The number of aliphatic carboxylic acids is 1. The molecule has 0 amide bonds. The van der Waals surface area contributed by atoms with Gasteiger partial charge in [0.1, 0.15) is 6.33 Å². The van der Waals surface area contributed by atoms with Gasteiger partial charge in [-0.2, -0.15) is 5.10 Å². The summed E-state index contributed by atoms with van der Waals surface area (Å²) in [5.41, 5.74) is 2.52. The summed E-state index contributed by atoms with van der Waals surface area (Å²) in [6, 6.07) is 9.20. The van der Waals surface area contributed by atoms with Crippen LogP contribution < -0.4 is 0 Å². The molecule has 1 N–H and O–H groups in total. The van der Waals surface area contributed by atoms with Crippen molar-refractivity contribution < 1.29 is 14.6 Å². The van der Waals surface area contributed by atoms with E-state index in [-0.39, 0.29) is 6.04 Å². The number of benzene rings is 1. The molecule has 2 heterocycles. The zero-order chi connectivity index (χ0) is 20.4. The molecular weight excluding hydrogens is 368 g/mol. The lowest BCUT2D eigenvalue weighted by Crippen LogP contribution is -2.57. The summed E-state index contributed by atoms with van der Waals surface area (Å²) in [5, 5.41) is 14.0. The number of rotatable bonds is 5. The van der Waals surface area contributed by atoms with E-state index in [0.717, 1.165) is 37.9 Å². The van der Waals surface area contributed by atoms with Crippen LogP contribution >= 0.6 is 0 Å². The van der Waals surface area contributed by atoms with Crippen molar-refractivity contribution in [2.24, 2.45) is 7.05 Å². The first-order valence-electron chi connectivity index (χ1n) is 10.5. The van der Waals surface area contributed by atoms with E-state index in [2.05, 4.69) is 46.2 Å². The monoisotopic (exact) mass is 398 g/mol. The number of hydrogen-bond donors (Lipinski definition) is 1. The lowest BCUT2D eigenvalue weighted by atomic mass is 9.83. The van der Waals surface area contributed by atoms with E-state index in [1.54, 1.807) is 11.0 Å². The van der Waals surface area contributed by atoms with Crippen LogP contribution in [0.5, 0.6) is 0 Å². The third-order valence-electron chi connectivity index (χ3n) is 6.35. The van der Waals surface area contributed by atoms with Gasteiger partial charge in [0.15, 0.2) is 11.9 Å². The molecule has 0 spiro atoms. The largest absolute Gasteiger partial charge is 0.479 e. The van der Waals surface area contributed by atoms with Crippen LogP contribution in [0.1, 0.15) is 48.6 Å². The quantitative estimate of drug-likeness (QED) is 0.834. The van der Waals surface area contributed by atoms with Crippen LogP contribution in [-0.4, -0.2) is 62.1 Å². The third kappa shape index (κ3) is 4.67. The van der Waals surface area contributed by atoms with E-state index in [1.165, 1.54) is 11.1 Å². The number of aromatic nitrogens is 3. The van der Waals surface area contributed by atoms with E-state index >= 15 is 0 Å². The first kappa shape index (κ1) is 20.0. The second kappa shape index (κ2) is 8.63. The number of carboxylic acid groups (broad SMARTS) is 1. The van der Waals surface area contributed by atoms with Crippen molar-refractivity contribution in [3.63, 3.8) is 0 Å². The number of nitrogens with zero attached hydrogens (tertiary/aromatic N) is 4. The molecule has 1 saturated heterocycles. The van der Waals surface area contributed by atoms with Crippen molar-refractivity contribution in [2.75, 3.05) is 13.2 Å². The van der Waals surface area contributed by atoms with Crippen molar-refractivity contribution in [1.29, 1.82) is 0 Å². The summed E-state index contributed by atoms with van der Waals surface area (Å²) >= 11 is 0. The van der Waals surface area contributed by atoms with Crippen LogP contribution in [0.2, 0.25) is 0 Å². The molecule has 1 aromatic carbocycles. The summed E-state index contributed by atoms with van der Waals surface area (Å²) in [7, 11) is 1.90. The predicted molar refractivity (Wildman–Crippen MR) is 109 cm³/mol. The molecule has 2 fully saturated rings. The fraction of sp³-hybridized carbons (Fsp3) is 0.591. The van der Waals surface area contributed by atoms with Crippen molar-refractivity contribution in [1.82, 2.24) is 19.7 Å². The Bertz CT molecular complexity index is 827. The Balaban J connectivity index is 1.44. The molecule has 1 aliphatic carbocycles. The minimum Gasteiger partial charge on any atom is -0.479 e. The summed E-state index contributed by atoms with van der Waals surface area (Å²) < 4.78 is 7.46. The molecule has 1 saturated carbocycles. The Morgan fingerprint density at radius 2 is 1.93 bits per heavy atom. The predicted octanol–water partition coefficient (Wildman–Crippen LogP) is 2.55. The molecular formula is C22H30N4O3. The highest BCUT2D eigenvalue weighted by atomic mass is 16.5. The maximum atomic E-state index is 11.6. The smallest absolute Gasteiger partial charge is 0.334 e. The number of carboxylic acids is 1. The molecule has 2 aromatic rings. The van der Waals surface area contributed by atoms with Gasteiger partial charge in [-0.3, -0.25) is 9.58 Å². The van der Waals surface area contributed by atoms with E-state index in [1.807, 2.05) is 7.05 Å². The average molecular weight is 399 g/mol. The van der Waals surface area contributed by atoms with Crippen LogP contribution in [0.3, 0.4) is 0 Å². The summed E-state index contributed by atoms with van der Waals surface area (Å²) in [5.74, 6) is 0.474. The highest BCUT2D eigenvalue weighted by molar-refractivity contribution is 5.72. The highest BCUT2D eigenvalue weighted by Crippen LogP contribution is 2.35.